The first-order valence-electron chi connectivity index (χ1n) is 10.3. The van der Waals surface area contributed by atoms with Gasteiger partial charge in [-0.05, 0) is 31.4 Å². The Bertz CT molecular complexity index is 1030. The molecule has 0 bridgehead atoms. The summed E-state index contributed by atoms with van der Waals surface area (Å²) in [4.78, 5) is 49.4. The van der Waals surface area contributed by atoms with Crippen molar-refractivity contribution in [2.45, 2.75) is 32.1 Å². The van der Waals surface area contributed by atoms with E-state index in [1.54, 1.807) is 17.9 Å². The molecule has 1 heterocycles. The molecule has 0 atom stereocenters. The van der Waals surface area contributed by atoms with Crippen LogP contribution in [0.2, 0.25) is 0 Å². The zero-order valence-corrected chi connectivity index (χ0v) is 18.0. The predicted octanol–water partition coefficient (Wildman–Crippen LogP) is 2.97. The maximum atomic E-state index is 13.1. The summed E-state index contributed by atoms with van der Waals surface area (Å²) in [7, 11) is 0. The SMILES string of the molecule is CC(=O)N1CCC(C(=O)OCC(=O)Nc2ccc(C)c([N+](=O)[O-])c2)(c2ccccc2)CC1. The van der Waals surface area contributed by atoms with Crippen LogP contribution >= 0.6 is 0 Å². The number of amides is 2. The fourth-order valence-electron chi connectivity index (χ4n) is 3.92. The Labute approximate surface area is 185 Å². The second-order valence-electron chi connectivity index (χ2n) is 7.84. The summed E-state index contributed by atoms with van der Waals surface area (Å²) in [5.41, 5.74) is 0.440. The Morgan fingerprint density at radius 3 is 2.38 bits per heavy atom. The first-order valence-corrected chi connectivity index (χ1v) is 10.3. The molecule has 0 aromatic heterocycles. The fourth-order valence-corrected chi connectivity index (χ4v) is 3.92. The van der Waals surface area contributed by atoms with Crippen LogP contribution in [0.5, 0.6) is 0 Å². The summed E-state index contributed by atoms with van der Waals surface area (Å²) < 4.78 is 5.38. The van der Waals surface area contributed by atoms with E-state index in [-0.39, 0.29) is 17.3 Å². The van der Waals surface area contributed by atoms with Gasteiger partial charge in [0, 0.05) is 37.3 Å². The summed E-state index contributed by atoms with van der Waals surface area (Å²) in [5, 5.41) is 13.6. The molecule has 32 heavy (non-hydrogen) atoms. The van der Waals surface area contributed by atoms with E-state index in [4.69, 9.17) is 4.74 Å². The van der Waals surface area contributed by atoms with Crippen LogP contribution in [0.4, 0.5) is 11.4 Å². The molecule has 1 aliphatic heterocycles. The van der Waals surface area contributed by atoms with Gasteiger partial charge in [0.15, 0.2) is 6.61 Å². The third-order valence-corrected chi connectivity index (χ3v) is 5.80. The van der Waals surface area contributed by atoms with E-state index in [2.05, 4.69) is 5.32 Å². The summed E-state index contributed by atoms with van der Waals surface area (Å²) in [5.74, 6) is -1.18. The van der Waals surface area contributed by atoms with Crippen molar-refractivity contribution in [2.75, 3.05) is 25.0 Å². The van der Waals surface area contributed by atoms with Gasteiger partial charge in [-0.2, -0.15) is 0 Å². The van der Waals surface area contributed by atoms with Crippen LogP contribution in [0.25, 0.3) is 0 Å². The third kappa shape index (κ3) is 4.93. The standard InChI is InChI=1S/C23H25N3O6/c1-16-8-9-19(14-20(16)26(30)31)24-21(28)15-32-22(29)23(18-6-4-3-5-7-18)10-12-25(13-11-23)17(2)27/h3-9,14H,10-13,15H2,1-2H3,(H,24,28). The quantitative estimate of drug-likeness (QED) is 0.420. The van der Waals surface area contributed by atoms with E-state index in [9.17, 15) is 24.5 Å². The number of benzene rings is 2. The number of nitrogens with one attached hydrogen (secondary N) is 1. The highest BCUT2D eigenvalue weighted by Crippen LogP contribution is 2.37. The minimum atomic E-state index is -0.948. The number of likely N-dealkylation sites (tertiary alicyclic amines) is 1. The molecule has 2 amide bonds. The zero-order chi connectivity index (χ0) is 23.3. The Kier molecular flexibility index (Phi) is 6.87. The third-order valence-electron chi connectivity index (χ3n) is 5.80. The molecule has 9 nitrogen and oxygen atoms in total. The largest absolute Gasteiger partial charge is 0.455 e. The second kappa shape index (κ2) is 9.59. The van der Waals surface area contributed by atoms with Crippen molar-refractivity contribution < 1.29 is 24.0 Å². The lowest BCUT2D eigenvalue weighted by Crippen LogP contribution is -2.49. The van der Waals surface area contributed by atoms with Gasteiger partial charge in [-0.3, -0.25) is 24.5 Å². The van der Waals surface area contributed by atoms with Gasteiger partial charge in [0.2, 0.25) is 5.91 Å². The molecule has 0 unspecified atom stereocenters. The highest BCUT2D eigenvalue weighted by molar-refractivity contribution is 5.94. The van der Waals surface area contributed by atoms with Crippen molar-refractivity contribution in [1.82, 2.24) is 4.90 Å². The number of hydrogen-bond acceptors (Lipinski definition) is 6. The lowest BCUT2D eigenvalue weighted by molar-refractivity contribution is -0.385. The number of esters is 1. The monoisotopic (exact) mass is 439 g/mol. The molecule has 1 aliphatic rings. The van der Waals surface area contributed by atoms with Crippen LogP contribution in [0.3, 0.4) is 0 Å². The van der Waals surface area contributed by atoms with E-state index < -0.39 is 28.8 Å². The number of piperidine rings is 1. The van der Waals surface area contributed by atoms with Crippen molar-refractivity contribution >= 4 is 29.2 Å². The molecule has 2 aromatic rings. The van der Waals surface area contributed by atoms with Crippen LogP contribution in [0.15, 0.2) is 48.5 Å². The van der Waals surface area contributed by atoms with Crippen molar-refractivity contribution in [2.24, 2.45) is 0 Å². The maximum absolute atomic E-state index is 13.1. The van der Waals surface area contributed by atoms with Crippen molar-refractivity contribution in [1.29, 1.82) is 0 Å². The van der Waals surface area contributed by atoms with E-state index in [1.807, 2.05) is 30.3 Å². The number of nitro groups is 1. The molecule has 0 saturated carbocycles. The highest BCUT2D eigenvalue weighted by Gasteiger charge is 2.44. The second-order valence-corrected chi connectivity index (χ2v) is 7.84. The molecular formula is C23H25N3O6. The molecule has 1 saturated heterocycles. The van der Waals surface area contributed by atoms with Crippen LogP contribution in [0.1, 0.15) is 30.9 Å². The first-order chi connectivity index (χ1) is 15.2. The number of ether oxygens (including phenoxy) is 1. The maximum Gasteiger partial charge on any atom is 0.317 e. The van der Waals surface area contributed by atoms with Gasteiger partial charge in [0.25, 0.3) is 11.6 Å². The van der Waals surface area contributed by atoms with Gasteiger partial charge < -0.3 is 15.0 Å². The van der Waals surface area contributed by atoms with Crippen LogP contribution in [-0.4, -0.2) is 47.3 Å². The minimum Gasteiger partial charge on any atom is -0.455 e. The Hall–Kier alpha value is -3.75. The van der Waals surface area contributed by atoms with Crippen LogP contribution in [-0.2, 0) is 24.5 Å². The van der Waals surface area contributed by atoms with Crippen LogP contribution < -0.4 is 5.32 Å². The van der Waals surface area contributed by atoms with Gasteiger partial charge in [-0.15, -0.1) is 0 Å². The fraction of sp³-hybridized carbons (Fsp3) is 0.348. The Morgan fingerprint density at radius 2 is 1.78 bits per heavy atom. The van der Waals surface area contributed by atoms with Crippen LogP contribution in [0, 0.1) is 17.0 Å². The van der Waals surface area contributed by atoms with Gasteiger partial charge in [0.05, 0.1) is 10.3 Å². The molecule has 2 aromatic carbocycles. The number of anilines is 1. The van der Waals surface area contributed by atoms with Crippen molar-refractivity contribution in [3.63, 3.8) is 0 Å². The lowest BCUT2D eigenvalue weighted by atomic mass is 9.72. The highest BCUT2D eigenvalue weighted by atomic mass is 16.6. The first kappa shape index (κ1) is 22.9. The Morgan fingerprint density at radius 1 is 1.12 bits per heavy atom. The predicted molar refractivity (Wildman–Crippen MR) is 117 cm³/mol. The van der Waals surface area contributed by atoms with Gasteiger partial charge >= 0.3 is 5.97 Å². The van der Waals surface area contributed by atoms with Crippen molar-refractivity contribution in [3.05, 3.63) is 69.8 Å². The Balaban J connectivity index is 1.69. The molecule has 1 N–H and O–H groups in total. The van der Waals surface area contributed by atoms with E-state index in [1.165, 1.54) is 19.1 Å². The number of nitrogens with zero attached hydrogens (tertiary/aromatic N) is 2. The summed E-state index contributed by atoms with van der Waals surface area (Å²) in [6.07, 6.45) is 0.780. The molecule has 3 rings (SSSR count). The average Bonchev–Trinajstić information content (AvgIpc) is 2.79. The van der Waals surface area contributed by atoms with E-state index in [0.29, 0.717) is 31.5 Å². The molecular weight excluding hydrogens is 414 g/mol. The number of nitro benzene ring substituents is 1. The van der Waals surface area contributed by atoms with Gasteiger partial charge in [-0.1, -0.05) is 36.4 Å². The average molecular weight is 439 g/mol. The summed E-state index contributed by atoms with van der Waals surface area (Å²) in [6.45, 7) is 3.40. The topological polar surface area (TPSA) is 119 Å². The molecule has 1 fully saturated rings. The molecule has 168 valence electrons. The summed E-state index contributed by atoms with van der Waals surface area (Å²) in [6, 6.07) is 13.5. The van der Waals surface area contributed by atoms with Gasteiger partial charge in [0.1, 0.15) is 0 Å². The molecule has 9 heteroatoms. The zero-order valence-electron chi connectivity index (χ0n) is 18.0. The lowest BCUT2D eigenvalue weighted by Gasteiger charge is -2.40. The number of aryl methyl sites for hydroxylation is 1. The van der Waals surface area contributed by atoms with Gasteiger partial charge in [-0.25, -0.2) is 0 Å². The van der Waals surface area contributed by atoms with Crippen molar-refractivity contribution in [3.8, 4) is 0 Å². The molecule has 0 radical (unpaired) electrons. The smallest absolute Gasteiger partial charge is 0.317 e. The summed E-state index contributed by atoms with van der Waals surface area (Å²) >= 11 is 0. The number of carbonyl (C=O) groups excluding carboxylic acids is 3. The molecule has 0 aliphatic carbocycles. The number of rotatable bonds is 6. The molecule has 0 spiro atoms. The van der Waals surface area contributed by atoms with E-state index in [0.717, 1.165) is 5.56 Å². The minimum absolute atomic E-state index is 0.0494. The van der Waals surface area contributed by atoms with E-state index >= 15 is 0 Å². The number of hydrogen-bond donors (Lipinski definition) is 1. The number of carbonyl (C=O) groups is 3. The normalized spacial score (nSPS) is 15.0.